The third kappa shape index (κ3) is 3.32. The van der Waals surface area contributed by atoms with Crippen molar-refractivity contribution < 1.29 is 0 Å². The second-order valence-corrected chi connectivity index (χ2v) is 9.29. The first-order valence-electron chi connectivity index (χ1n) is 12.5. The Hall–Kier alpha value is -4.89. The van der Waals surface area contributed by atoms with Gasteiger partial charge in [-0.1, -0.05) is 127 Å². The van der Waals surface area contributed by atoms with E-state index in [4.69, 9.17) is 4.98 Å². The molecular formula is C34H23N3. The summed E-state index contributed by atoms with van der Waals surface area (Å²) in [7, 11) is 0. The first kappa shape index (κ1) is 21.4. The number of hydrogen-bond donors (Lipinski definition) is 0. The molecule has 0 saturated carbocycles. The summed E-state index contributed by atoms with van der Waals surface area (Å²) in [5.74, 6) is 1.34. The van der Waals surface area contributed by atoms with E-state index in [1.807, 2.05) is 30.3 Å². The van der Waals surface area contributed by atoms with Gasteiger partial charge in [0.15, 0.2) is 11.6 Å². The molecule has 0 atom stereocenters. The Morgan fingerprint density at radius 3 is 1.62 bits per heavy atom. The van der Waals surface area contributed by atoms with Crippen LogP contribution in [-0.4, -0.2) is 15.0 Å². The van der Waals surface area contributed by atoms with E-state index in [0.29, 0.717) is 11.6 Å². The number of benzene rings is 5. The van der Waals surface area contributed by atoms with Gasteiger partial charge in [-0.25, -0.2) is 15.0 Å². The van der Waals surface area contributed by atoms with Crippen molar-refractivity contribution >= 4 is 0 Å². The molecule has 7 rings (SSSR count). The molecule has 5 aromatic carbocycles. The molecule has 0 bridgehead atoms. The molecule has 1 aliphatic rings. The molecule has 0 unspecified atom stereocenters. The van der Waals surface area contributed by atoms with Gasteiger partial charge in [-0.2, -0.15) is 0 Å². The van der Waals surface area contributed by atoms with Gasteiger partial charge in [0, 0.05) is 11.1 Å². The van der Waals surface area contributed by atoms with E-state index in [9.17, 15) is 0 Å². The number of fused-ring (bicyclic) bond motifs is 3. The van der Waals surface area contributed by atoms with Gasteiger partial charge in [-0.15, -0.1) is 0 Å². The molecule has 1 aromatic heterocycles. The quantitative estimate of drug-likeness (QED) is 0.265. The fourth-order valence-corrected chi connectivity index (χ4v) is 5.77. The molecule has 0 N–H and O–H groups in total. The summed E-state index contributed by atoms with van der Waals surface area (Å²) >= 11 is 0. The summed E-state index contributed by atoms with van der Waals surface area (Å²) in [6.45, 7) is 0. The summed E-state index contributed by atoms with van der Waals surface area (Å²) < 4.78 is 0. The molecule has 3 heteroatoms. The van der Waals surface area contributed by atoms with Crippen LogP contribution < -0.4 is 0 Å². The Morgan fingerprint density at radius 2 is 0.946 bits per heavy atom. The average molecular weight is 474 g/mol. The summed E-state index contributed by atoms with van der Waals surface area (Å²) in [5.41, 5.74) is 9.06. The number of hydrogen-bond acceptors (Lipinski definition) is 3. The van der Waals surface area contributed by atoms with E-state index < -0.39 is 5.41 Å². The van der Waals surface area contributed by atoms with Crippen LogP contribution in [0, 0.1) is 0 Å². The molecule has 0 saturated heterocycles. The van der Waals surface area contributed by atoms with E-state index in [0.717, 1.165) is 11.1 Å². The lowest BCUT2D eigenvalue weighted by atomic mass is 9.67. The van der Waals surface area contributed by atoms with Crippen LogP contribution in [0.25, 0.3) is 33.9 Å². The summed E-state index contributed by atoms with van der Waals surface area (Å²) in [6.07, 6.45) is 1.60. The van der Waals surface area contributed by atoms with Gasteiger partial charge in [0.05, 0.1) is 5.41 Å². The average Bonchev–Trinajstić information content (AvgIpc) is 3.30. The van der Waals surface area contributed by atoms with Crippen LogP contribution in [-0.2, 0) is 5.41 Å². The maximum atomic E-state index is 4.84. The molecule has 0 fully saturated rings. The van der Waals surface area contributed by atoms with Crippen molar-refractivity contribution in [2.45, 2.75) is 5.41 Å². The summed E-state index contributed by atoms with van der Waals surface area (Å²) in [6, 6.07) is 47.1. The number of rotatable bonds is 4. The van der Waals surface area contributed by atoms with Crippen molar-refractivity contribution in [1.82, 2.24) is 15.0 Å². The minimum Gasteiger partial charge on any atom is -0.217 e. The maximum Gasteiger partial charge on any atom is 0.163 e. The topological polar surface area (TPSA) is 38.7 Å². The van der Waals surface area contributed by atoms with Gasteiger partial charge in [-0.3, -0.25) is 0 Å². The molecule has 0 radical (unpaired) electrons. The standard InChI is InChI=1S/C34H23N3/c1-3-12-24(13-4-1)32-35-23-36-33(37-32)25-14-11-17-27(22-25)34(26-15-5-2-6-16-26)30-20-9-7-18-28(30)29-19-8-10-21-31(29)34/h1-23H. The Bertz CT molecular complexity index is 1680. The van der Waals surface area contributed by atoms with Crippen LogP contribution in [0.4, 0.5) is 0 Å². The van der Waals surface area contributed by atoms with Crippen molar-refractivity contribution in [1.29, 1.82) is 0 Å². The highest BCUT2D eigenvalue weighted by molar-refractivity contribution is 5.86. The highest BCUT2D eigenvalue weighted by atomic mass is 15.0. The molecule has 0 amide bonds. The Balaban J connectivity index is 1.48. The zero-order chi connectivity index (χ0) is 24.7. The fraction of sp³-hybridized carbons (Fsp3) is 0.0294. The van der Waals surface area contributed by atoms with Crippen LogP contribution in [0.1, 0.15) is 22.3 Å². The third-order valence-corrected chi connectivity index (χ3v) is 7.32. The van der Waals surface area contributed by atoms with Crippen LogP contribution in [0.2, 0.25) is 0 Å². The number of nitrogens with zero attached hydrogens (tertiary/aromatic N) is 3. The Kier molecular flexibility index (Phi) is 5.00. The second-order valence-electron chi connectivity index (χ2n) is 9.29. The zero-order valence-electron chi connectivity index (χ0n) is 20.1. The third-order valence-electron chi connectivity index (χ3n) is 7.32. The van der Waals surface area contributed by atoms with Crippen LogP contribution in [0.3, 0.4) is 0 Å². The lowest BCUT2D eigenvalue weighted by Gasteiger charge is -2.34. The molecule has 0 aliphatic heterocycles. The normalized spacial score (nSPS) is 13.1. The Labute approximate surface area is 216 Å². The van der Waals surface area contributed by atoms with Crippen molar-refractivity contribution in [3.63, 3.8) is 0 Å². The minimum atomic E-state index is -0.445. The van der Waals surface area contributed by atoms with Crippen molar-refractivity contribution in [2.24, 2.45) is 0 Å². The predicted octanol–water partition coefficient (Wildman–Crippen LogP) is 7.57. The summed E-state index contributed by atoms with van der Waals surface area (Å²) in [4.78, 5) is 13.8. The van der Waals surface area contributed by atoms with E-state index >= 15 is 0 Å². The first-order chi connectivity index (χ1) is 18.4. The van der Waals surface area contributed by atoms with Crippen LogP contribution in [0.5, 0.6) is 0 Å². The van der Waals surface area contributed by atoms with Gasteiger partial charge in [0.1, 0.15) is 6.33 Å². The van der Waals surface area contributed by atoms with Gasteiger partial charge >= 0.3 is 0 Å². The minimum absolute atomic E-state index is 0.445. The zero-order valence-corrected chi connectivity index (χ0v) is 20.1. The fourth-order valence-electron chi connectivity index (χ4n) is 5.77. The molecular weight excluding hydrogens is 450 g/mol. The molecule has 1 aliphatic carbocycles. The Morgan fingerprint density at radius 1 is 0.432 bits per heavy atom. The van der Waals surface area contributed by atoms with Crippen LogP contribution in [0.15, 0.2) is 140 Å². The lowest BCUT2D eigenvalue weighted by Crippen LogP contribution is -2.28. The van der Waals surface area contributed by atoms with Gasteiger partial charge in [0.25, 0.3) is 0 Å². The monoisotopic (exact) mass is 473 g/mol. The maximum absolute atomic E-state index is 4.84. The van der Waals surface area contributed by atoms with Crippen molar-refractivity contribution in [3.05, 3.63) is 162 Å². The first-order valence-corrected chi connectivity index (χ1v) is 12.5. The van der Waals surface area contributed by atoms with Crippen LogP contribution >= 0.6 is 0 Å². The van der Waals surface area contributed by atoms with Gasteiger partial charge in [-0.05, 0) is 39.4 Å². The molecule has 3 nitrogen and oxygen atoms in total. The van der Waals surface area contributed by atoms with E-state index in [1.54, 1.807) is 6.33 Å². The van der Waals surface area contributed by atoms with Crippen molar-refractivity contribution in [2.75, 3.05) is 0 Å². The van der Waals surface area contributed by atoms with E-state index in [2.05, 4.69) is 113 Å². The summed E-state index contributed by atoms with van der Waals surface area (Å²) in [5, 5.41) is 0. The van der Waals surface area contributed by atoms with Gasteiger partial charge in [0.2, 0.25) is 0 Å². The lowest BCUT2D eigenvalue weighted by molar-refractivity contribution is 0.768. The second kappa shape index (κ2) is 8.65. The van der Waals surface area contributed by atoms with E-state index in [-0.39, 0.29) is 0 Å². The SMILES string of the molecule is c1ccc(-c2ncnc(-c3cccc(C4(c5ccccc5)c5ccccc5-c5ccccc54)c3)n2)cc1. The van der Waals surface area contributed by atoms with Gasteiger partial charge < -0.3 is 0 Å². The highest BCUT2D eigenvalue weighted by Gasteiger charge is 2.45. The van der Waals surface area contributed by atoms with E-state index in [1.165, 1.54) is 33.4 Å². The molecule has 1 heterocycles. The highest BCUT2D eigenvalue weighted by Crippen LogP contribution is 2.56. The molecule has 37 heavy (non-hydrogen) atoms. The van der Waals surface area contributed by atoms with Crippen molar-refractivity contribution in [3.8, 4) is 33.9 Å². The molecule has 6 aromatic rings. The molecule has 174 valence electrons. The largest absolute Gasteiger partial charge is 0.217 e. The number of aromatic nitrogens is 3. The molecule has 0 spiro atoms. The smallest absolute Gasteiger partial charge is 0.163 e. The predicted molar refractivity (Wildman–Crippen MR) is 148 cm³/mol.